The molecule has 16 heteroatoms. The maximum absolute atomic E-state index is 12.4. The van der Waals surface area contributed by atoms with Crippen LogP contribution in [0.2, 0.25) is 0 Å². The average Bonchev–Trinajstić information content (AvgIpc) is 2.78. The zero-order valence-corrected chi connectivity index (χ0v) is 19.9. The van der Waals surface area contributed by atoms with E-state index in [-0.39, 0.29) is 18.7 Å². The Hall–Kier alpha value is -4.24. The number of aromatic nitrogens is 1. The van der Waals surface area contributed by atoms with E-state index in [4.69, 9.17) is 20.7 Å². The highest BCUT2D eigenvalue weighted by Crippen LogP contribution is 2.13. The van der Waals surface area contributed by atoms with E-state index in [9.17, 15) is 37.1 Å². The van der Waals surface area contributed by atoms with Crippen LogP contribution in [0.3, 0.4) is 0 Å². The summed E-state index contributed by atoms with van der Waals surface area (Å²) in [5, 5.41) is 23.5. The Morgan fingerprint density at radius 3 is 1.92 bits per heavy atom. The van der Waals surface area contributed by atoms with Crippen molar-refractivity contribution < 1.29 is 52.2 Å². The monoisotopic (exact) mass is 535 g/mol. The Bertz CT molecular complexity index is 959. The third-order valence-electron chi connectivity index (χ3n) is 4.36. The van der Waals surface area contributed by atoms with Gasteiger partial charge in [-0.15, -0.1) is 0 Å². The van der Waals surface area contributed by atoms with Gasteiger partial charge in [-0.2, -0.15) is 13.2 Å². The van der Waals surface area contributed by atoms with E-state index in [1.54, 1.807) is 31.5 Å². The maximum atomic E-state index is 12.4. The molecule has 0 aliphatic heterocycles. The molecule has 206 valence electrons. The minimum absolute atomic E-state index is 0.0619. The predicted octanol–water partition coefficient (Wildman–Crippen LogP) is -0.508. The van der Waals surface area contributed by atoms with Crippen LogP contribution in [0.15, 0.2) is 24.5 Å². The van der Waals surface area contributed by atoms with E-state index in [1.165, 1.54) is 6.92 Å². The number of aliphatic carboxylic acids is 2. The molecular formula is C21H28F3N5O8. The number of rotatable bonds is 12. The van der Waals surface area contributed by atoms with Gasteiger partial charge in [0, 0.05) is 12.4 Å². The summed E-state index contributed by atoms with van der Waals surface area (Å²) in [6, 6.07) is -0.0961. The van der Waals surface area contributed by atoms with Crippen molar-refractivity contribution in [1.82, 2.24) is 20.9 Å². The molecule has 4 amide bonds. The standard InChI is InChI=1S/C19H27N5O6.C2HF3O2/c1-3-4-13(18(28)24-14(19(29)30)10-15(20)25)23-17(27)11(2)22-16(26)9-12-5-7-21-8-6-12;3-2(4,5)1(6)7/h5-8,11,13-14H,3-4,9-10H2,1-2H3,(H2,20,25)(H,22,26)(H,23,27)(H,24,28)(H,29,30);(H,6,7). The number of alkyl halides is 3. The molecule has 0 aliphatic rings. The molecule has 1 rings (SSSR count). The van der Waals surface area contributed by atoms with Crippen LogP contribution in [0.1, 0.15) is 38.7 Å². The molecule has 1 aromatic heterocycles. The SMILES string of the molecule is CCCC(NC(=O)C(C)NC(=O)Cc1ccncc1)C(=O)NC(CC(N)=O)C(=O)O.O=C(O)C(F)(F)F. The van der Waals surface area contributed by atoms with Gasteiger partial charge in [0.1, 0.15) is 18.1 Å². The number of nitrogens with two attached hydrogens (primary N) is 1. The average molecular weight is 535 g/mol. The second kappa shape index (κ2) is 15.7. The second-order valence-electron chi connectivity index (χ2n) is 7.54. The van der Waals surface area contributed by atoms with Crippen molar-refractivity contribution in [3.63, 3.8) is 0 Å². The molecule has 1 aromatic rings. The zero-order valence-electron chi connectivity index (χ0n) is 19.9. The number of primary amides is 1. The number of nitrogens with zero attached hydrogens (tertiary/aromatic N) is 1. The van der Waals surface area contributed by atoms with E-state index < -0.39 is 60.4 Å². The Morgan fingerprint density at radius 2 is 1.49 bits per heavy atom. The molecule has 0 fully saturated rings. The maximum Gasteiger partial charge on any atom is 0.490 e. The highest BCUT2D eigenvalue weighted by atomic mass is 19.4. The van der Waals surface area contributed by atoms with E-state index in [1.807, 2.05) is 0 Å². The van der Waals surface area contributed by atoms with Gasteiger partial charge in [0.2, 0.25) is 23.6 Å². The molecule has 7 N–H and O–H groups in total. The number of amides is 4. The van der Waals surface area contributed by atoms with Gasteiger partial charge in [0.15, 0.2) is 0 Å². The summed E-state index contributed by atoms with van der Waals surface area (Å²) in [6.07, 6.45) is -1.74. The summed E-state index contributed by atoms with van der Waals surface area (Å²) < 4.78 is 31.7. The third-order valence-corrected chi connectivity index (χ3v) is 4.36. The van der Waals surface area contributed by atoms with Gasteiger partial charge in [-0.05, 0) is 31.0 Å². The summed E-state index contributed by atoms with van der Waals surface area (Å²) in [5.41, 5.74) is 5.73. The number of carbonyl (C=O) groups is 6. The number of carbonyl (C=O) groups excluding carboxylic acids is 4. The van der Waals surface area contributed by atoms with Crippen LogP contribution in [0, 0.1) is 0 Å². The normalized spacial score (nSPS) is 13.0. The van der Waals surface area contributed by atoms with Crippen LogP contribution in [0.5, 0.6) is 0 Å². The number of carboxylic acid groups (broad SMARTS) is 2. The van der Waals surface area contributed by atoms with Crippen LogP contribution in [-0.4, -0.2) is 75.1 Å². The van der Waals surface area contributed by atoms with Gasteiger partial charge in [0.05, 0.1) is 12.8 Å². The van der Waals surface area contributed by atoms with Crippen LogP contribution < -0.4 is 21.7 Å². The van der Waals surface area contributed by atoms with E-state index in [0.29, 0.717) is 6.42 Å². The van der Waals surface area contributed by atoms with Gasteiger partial charge in [0.25, 0.3) is 0 Å². The Morgan fingerprint density at radius 1 is 0.973 bits per heavy atom. The van der Waals surface area contributed by atoms with Crippen molar-refractivity contribution in [2.45, 2.75) is 63.8 Å². The van der Waals surface area contributed by atoms with Gasteiger partial charge >= 0.3 is 18.1 Å². The highest BCUT2D eigenvalue weighted by molar-refractivity contribution is 5.94. The molecule has 0 saturated carbocycles. The number of pyridine rings is 1. The molecule has 13 nitrogen and oxygen atoms in total. The molecule has 37 heavy (non-hydrogen) atoms. The fraction of sp³-hybridized carbons (Fsp3) is 0.476. The lowest BCUT2D eigenvalue weighted by Gasteiger charge is -2.22. The summed E-state index contributed by atoms with van der Waals surface area (Å²) in [6.45, 7) is 3.25. The van der Waals surface area contributed by atoms with E-state index >= 15 is 0 Å². The van der Waals surface area contributed by atoms with Crippen LogP contribution in [-0.2, 0) is 35.2 Å². The summed E-state index contributed by atoms with van der Waals surface area (Å²) in [5.74, 6) is -6.80. The first-order chi connectivity index (χ1) is 17.1. The summed E-state index contributed by atoms with van der Waals surface area (Å²) in [4.78, 5) is 71.9. The quantitative estimate of drug-likeness (QED) is 0.203. The minimum atomic E-state index is -5.08. The van der Waals surface area contributed by atoms with Gasteiger partial charge in [-0.3, -0.25) is 24.2 Å². The van der Waals surface area contributed by atoms with Crippen LogP contribution >= 0.6 is 0 Å². The van der Waals surface area contributed by atoms with Crippen LogP contribution in [0.25, 0.3) is 0 Å². The van der Waals surface area contributed by atoms with Crippen molar-refractivity contribution >= 4 is 35.6 Å². The Labute approximate surface area is 209 Å². The Kier molecular flexibility index (Phi) is 13.9. The molecule has 3 unspecified atom stereocenters. The van der Waals surface area contributed by atoms with Crippen molar-refractivity contribution in [1.29, 1.82) is 0 Å². The first-order valence-corrected chi connectivity index (χ1v) is 10.7. The van der Waals surface area contributed by atoms with Crippen LogP contribution in [0.4, 0.5) is 13.2 Å². The van der Waals surface area contributed by atoms with Gasteiger partial charge < -0.3 is 31.9 Å². The summed E-state index contributed by atoms with van der Waals surface area (Å²) >= 11 is 0. The number of carboxylic acids is 2. The molecule has 0 saturated heterocycles. The summed E-state index contributed by atoms with van der Waals surface area (Å²) in [7, 11) is 0. The smallest absolute Gasteiger partial charge is 0.480 e. The fourth-order valence-electron chi connectivity index (χ4n) is 2.57. The number of nitrogens with one attached hydrogen (secondary N) is 3. The molecule has 0 aliphatic carbocycles. The molecule has 0 radical (unpaired) electrons. The fourth-order valence-corrected chi connectivity index (χ4v) is 2.57. The number of halogens is 3. The third kappa shape index (κ3) is 14.0. The lowest BCUT2D eigenvalue weighted by atomic mass is 10.1. The first kappa shape index (κ1) is 32.8. The van der Waals surface area contributed by atoms with Crippen molar-refractivity contribution in [3.8, 4) is 0 Å². The molecular weight excluding hydrogens is 507 g/mol. The van der Waals surface area contributed by atoms with Crippen molar-refractivity contribution in [2.24, 2.45) is 5.73 Å². The lowest BCUT2D eigenvalue weighted by molar-refractivity contribution is -0.192. The number of hydrogen-bond donors (Lipinski definition) is 6. The molecule has 1 heterocycles. The number of hydrogen-bond acceptors (Lipinski definition) is 7. The highest BCUT2D eigenvalue weighted by Gasteiger charge is 2.38. The molecule has 3 atom stereocenters. The van der Waals surface area contributed by atoms with E-state index in [2.05, 4.69) is 20.9 Å². The topological polar surface area (TPSA) is 218 Å². The van der Waals surface area contributed by atoms with Gasteiger partial charge in [-0.1, -0.05) is 13.3 Å². The minimum Gasteiger partial charge on any atom is -0.480 e. The molecule has 0 spiro atoms. The van der Waals surface area contributed by atoms with E-state index in [0.717, 1.165) is 5.56 Å². The lowest BCUT2D eigenvalue weighted by Crippen LogP contribution is -2.55. The first-order valence-electron chi connectivity index (χ1n) is 10.7. The van der Waals surface area contributed by atoms with Gasteiger partial charge in [-0.25, -0.2) is 9.59 Å². The molecule has 0 bridgehead atoms. The molecule has 0 aromatic carbocycles. The Balaban J connectivity index is 0.00000161. The van der Waals surface area contributed by atoms with Crippen molar-refractivity contribution in [2.75, 3.05) is 0 Å². The zero-order chi connectivity index (χ0) is 28.8. The predicted molar refractivity (Wildman–Crippen MR) is 119 cm³/mol. The van der Waals surface area contributed by atoms with Crippen molar-refractivity contribution in [3.05, 3.63) is 30.1 Å². The second-order valence-corrected chi connectivity index (χ2v) is 7.54. The largest absolute Gasteiger partial charge is 0.490 e.